The van der Waals surface area contributed by atoms with Gasteiger partial charge in [-0.05, 0) is 31.6 Å². The predicted octanol–water partition coefficient (Wildman–Crippen LogP) is 3.60. The van der Waals surface area contributed by atoms with Crippen LogP contribution in [0, 0.1) is 5.82 Å². The molecule has 2 rings (SSSR count). The van der Waals surface area contributed by atoms with E-state index in [1.165, 1.54) is 32.8 Å². The van der Waals surface area contributed by atoms with Crippen molar-refractivity contribution in [3.8, 4) is 5.75 Å². The van der Waals surface area contributed by atoms with Crippen molar-refractivity contribution < 1.29 is 9.13 Å². The number of rotatable bonds is 5. The second-order valence-corrected chi connectivity index (χ2v) is 6.17. The maximum atomic E-state index is 14.0. The van der Waals surface area contributed by atoms with E-state index in [2.05, 4.69) is 11.6 Å². The molecule has 106 valence electrons. The van der Waals surface area contributed by atoms with Crippen molar-refractivity contribution in [3.63, 3.8) is 0 Å². The minimum absolute atomic E-state index is 0.241. The lowest BCUT2D eigenvalue weighted by molar-refractivity contribution is 0.368. The van der Waals surface area contributed by atoms with Crippen LogP contribution in [0.5, 0.6) is 5.75 Å². The van der Waals surface area contributed by atoms with Gasteiger partial charge in [-0.25, -0.2) is 4.39 Å². The first-order chi connectivity index (χ1) is 9.24. The van der Waals surface area contributed by atoms with Crippen molar-refractivity contribution >= 4 is 11.8 Å². The summed E-state index contributed by atoms with van der Waals surface area (Å²) in [7, 11) is 1.50. The number of ether oxygens (including phenoxy) is 1. The minimum Gasteiger partial charge on any atom is -0.494 e. The lowest BCUT2D eigenvalue weighted by Crippen LogP contribution is -2.34. The highest BCUT2D eigenvalue weighted by Crippen LogP contribution is 2.27. The van der Waals surface area contributed by atoms with Crippen molar-refractivity contribution in [3.05, 3.63) is 29.6 Å². The number of halogens is 1. The van der Waals surface area contributed by atoms with E-state index in [-0.39, 0.29) is 5.82 Å². The van der Waals surface area contributed by atoms with Gasteiger partial charge in [-0.3, -0.25) is 0 Å². The maximum Gasteiger partial charge on any atom is 0.169 e. The van der Waals surface area contributed by atoms with E-state index in [9.17, 15) is 4.39 Å². The van der Waals surface area contributed by atoms with Crippen LogP contribution in [0.2, 0.25) is 0 Å². The lowest BCUT2D eigenvalue weighted by Gasteiger charge is -2.28. The molecule has 0 aliphatic heterocycles. The van der Waals surface area contributed by atoms with Crippen molar-refractivity contribution in [2.24, 2.45) is 0 Å². The Morgan fingerprint density at radius 1 is 1.42 bits per heavy atom. The van der Waals surface area contributed by atoms with Gasteiger partial charge in [-0.1, -0.05) is 18.6 Å². The van der Waals surface area contributed by atoms with Gasteiger partial charge in [0.25, 0.3) is 0 Å². The van der Waals surface area contributed by atoms with E-state index in [0.717, 1.165) is 5.25 Å². The molecule has 0 bridgehead atoms. The first-order valence-electron chi connectivity index (χ1n) is 6.82. The Kier molecular flexibility index (Phi) is 5.52. The topological polar surface area (TPSA) is 21.3 Å². The summed E-state index contributed by atoms with van der Waals surface area (Å²) in [4.78, 5) is 0. The molecule has 2 atom stereocenters. The van der Waals surface area contributed by atoms with E-state index in [1.54, 1.807) is 6.07 Å². The molecule has 0 heterocycles. The molecule has 1 aliphatic carbocycles. The summed E-state index contributed by atoms with van der Waals surface area (Å²) in [6.45, 7) is 0.578. The summed E-state index contributed by atoms with van der Waals surface area (Å²) >= 11 is 1.95. The van der Waals surface area contributed by atoms with Crippen molar-refractivity contribution in [2.45, 2.75) is 43.5 Å². The van der Waals surface area contributed by atoms with E-state index in [4.69, 9.17) is 4.74 Å². The van der Waals surface area contributed by atoms with Gasteiger partial charge in [0, 0.05) is 23.4 Å². The fourth-order valence-electron chi connectivity index (χ4n) is 2.65. The molecule has 1 aliphatic rings. The van der Waals surface area contributed by atoms with E-state index >= 15 is 0 Å². The Hall–Kier alpha value is -0.740. The summed E-state index contributed by atoms with van der Waals surface area (Å²) in [5.41, 5.74) is 0.686. The zero-order chi connectivity index (χ0) is 13.7. The molecular formula is C15H22FNOS. The molecule has 0 spiro atoms. The summed E-state index contributed by atoms with van der Waals surface area (Å²) in [5, 5.41) is 4.24. The SMILES string of the molecule is COc1cccc(CNC2CCCC(SC)C2)c1F. The highest BCUT2D eigenvalue weighted by atomic mass is 32.2. The molecule has 19 heavy (non-hydrogen) atoms. The third-order valence-electron chi connectivity index (χ3n) is 3.80. The molecule has 0 saturated heterocycles. The molecule has 1 aromatic rings. The Morgan fingerprint density at radius 2 is 2.26 bits per heavy atom. The molecule has 0 radical (unpaired) electrons. The Labute approximate surface area is 119 Å². The average Bonchev–Trinajstić information content (AvgIpc) is 2.46. The summed E-state index contributed by atoms with van der Waals surface area (Å²) < 4.78 is 19.0. The molecule has 2 unspecified atom stereocenters. The molecule has 1 N–H and O–H groups in total. The number of thioether (sulfide) groups is 1. The molecule has 1 fully saturated rings. The summed E-state index contributed by atoms with van der Waals surface area (Å²) in [6, 6.07) is 5.82. The minimum atomic E-state index is -0.241. The van der Waals surface area contributed by atoms with Gasteiger partial charge >= 0.3 is 0 Å². The van der Waals surface area contributed by atoms with Gasteiger partial charge in [0.05, 0.1) is 7.11 Å². The second-order valence-electron chi connectivity index (χ2n) is 5.04. The molecule has 0 aromatic heterocycles. The summed E-state index contributed by atoms with van der Waals surface area (Å²) in [6.07, 6.45) is 7.14. The van der Waals surface area contributed by atoms with Gasteiger partial charge in [0.1, 0.15) is 0 Å². The number of methoxy groups -OCH3 is 1. The van der Waals surface area contributed by atoms with Crippen molar-refractivity contribution in [1.29, 1.82) is 0 Å². The lowest BCUT2D eigenvalue weighted by atomic mass is 9.95. The number of benzene rings is 1. The van der Waals surface area contributed by atoms with Crippen LogP contribution in [0.1, 0.15) is 31.2 Å². The predicted molar refractivity (Wildman–Crippen MR) is 79.4 cm³/mol. The Balaban J connectivity index is 1.91. The Morgan fingerprint density at radius 3 is 3.00 bits per heavy atom. The molecule has 2 nitrogen and oxygen atoms in total. The van der Waals surface area contributed by atoms with Crippen LogP contribution in [0.3, 0.4) is 0 Å². The van der Waals surface area contributed by atoms with Crippen LogP contribution in [0.15, 0.2) is 18.2 Å². The first-order valence-corrected chi connectivity index (χ1v) is 8.11. The van der Waals surface area contributed by atoms with Crippen LogP contribution >= 0.6 is 11.8 Å². The number of hydrogen-bond donors (Lipinski definition) is 1. The van der Waals surface area contributed by atoms with Gasteiger partial charge in [-0.2, -0.15) is 11.8 Å². The quantitative estimate of drug-likeness (QED) is 0.892. The van der Waals surface area contributed by atoms with Gasteiger partial charge in [0.15, 0.2) is 11.6 Å². The fraction of sp³-hybridized carbons (Fsp3) is 0.600. The molecule has 1 saturated carbocycles. The summed E-state index contributed by atoms with van der Waals surface area (Å²) in [5.74, 6) is 0.0830. The highest BCUT2D eigenvalue weighted by molar-refractivity contribution is 7.99. The highest BCUT2D eigenvalue weighted by Gasteiger charge is 2.21. The fourth-order valence-corrected chi connectivity index (χ4v) is 3.48. The first kappa shape index (κ1) is 14.7. The molecule has 0 amide bonds. The van der Waals surface area contributed by atoms with Gasteiger partial charge in [-0.15, -0.1) is 0 Å². The van der Waals surface area contributed by atoms with Crippen molar-refractivity contribution in [2.75, 3.05) is 13.4 Å². The largest absolute Gasteiger partial charge is 0.494 e. The van der Waals surface area contributed by atoms with Crippen LogP contribution in [-0.2, 0) is 6.54 Å². The van der Waals surface area contributed by atoms with Gasteiger partial charge < -0.3 is 10.1 Å². The van der Waals surface area contributed by atoms with E-state index in [0.29, 0.717) is 23.9 Å². The van der Waals surface area contributed by atoms with Gasteiger partial charge in [0.2, 0.25) is 0 Å². The maximum absolute atomic E-state index is 14.0. The second kappa shape index (κ2) is 7.15. The van der Waals surface area contributed by atoms with Crippen LogP contribution in [0.25, 0.3) is 0 Å². The molecular weight excluding hydrogens is 261 g/mol. The van der Waals surface area contributed by atoms with Crippen LogP contribution in [-0.4, -0.2) is 24.7 Å². The third-order valence-corrected chi connectivity index (χ3v) is 4.90. The normalized spacial score (nSPS) is 23.3. The van der Waals surface area contributed by atoms with E-state index < -0.39 is 0 Å². The average molecular weight is 283 g/mol. The number of hydrogen-bond acceptors (Lipinski definition) is 3. The zero-order valence-electron chi connectivity index (χ0n) is 11.6. The monoisotopic (exact) mass is 283 g/mol. The number of nitrogens with one attached hydrogen (secondary N) is 1. The Bertz CT molecular complexity index is 413. The smallest absolute Gasteiger partial charge is 0.169 e. The molecule has 4 heteroatoms. The van der Waals surface area contributed by atoms with Crippen LogP contribution in [0.4, 0.5) is 4.39 Å². The zero-order valence-corrected chi connectivity index (χ0v) is 12.4. The van der Waals surface area contributed by atoms with Crippen LogP contribution < -0.4 is 10.1 Å². The van der Waals surface area contributed by atoms with E-state index in [1.807, 2.05) is 23.9 Å². The standard InChI is InChI=1S/C15H22FNOS/c1-18-14-8-3-5-11(15(14)16)10-17-12-6-4-7-13(9-12)19-2/h3,5,8,12-13,17H,4,6-7,9-10H2,1-2H3. The third kappa shape index (κ3) is 3.86. The van der Waals surface area contributed by atoms with Crippen molar-refractivity contribution in [1.82, 2.24) is 5.32 Å². The molecule has 1 aromatic carbocycles.